The van der Waals surface area contributed by atoms with Crippen molar-refractivity contribution in [2.45, 2.75) is 52.2 Å². The lowest BCUT2D eigenvalue weighted by Crippen LogP contribution is -2.51. The minimum atomic E-state index is -0.738. The molecular weight excluding hydrogens is 372 g/mol. The zero-order valence-corrected chi connectivity index (χ0v) is 18.1. The van der Waals surface area contributed by atoms with Crippen LogP contribution in [0.3, 0.4) is 0 Å². The summed E-state index contributed by atoms with van der Waals surface area (Å²) in [6.07, 6.45) is -0.632. The number of nitrogens with zero attached hydrogens (tertiary/aromatic N) is 1. The number of carbonyl (C=O) groups excluding carboxylic acids is 3. The smallest absolute Gasteiger partial charge is 0.408 e. The highest BCUT2D eigenvalue weighted by molar-refractivity contribution is 5.87. The molecule has 1 saturated heterocycles. The van der Waals surface area contributed by atoms with E-state index in [4.69, 9.17) is 9.47 Å². The molecule has 2 unspecified atom stereocenters. The maximum absolute atomic E-state index is 13.2. The third kappa shape index (κ3) is 5.95. The Kier molecular flexibility index (Phi) is 7.27. The molecule has 1 aromatic carbocycles. The minimum Gasteiger partial charge on any atom is -0.469 e. The van der Waals surface area contributed by atoms with Gasteiger partial charge in [-0.25, -0.2) is 4.79 Å². The normalized spacial score (nSPS) is 20.3. The second-order valence-corrected chi connectivity index (χ2v) is 8.76. The van der Waals surface area contributed by atoms with Crippen LogP contribution in [-0.2, 0) is 19.1 Å². The fourth-order valence-corrected chi connectivity index (χ4v) is 3.56. The number of nitrogens with one attached hydrogen (secondary N) is 1. The van der Waals surface area contributed by atoms with Crippen LogP contribution in [0, 0.1) is 11.8 Å². The van der Waals surface area contributed by atoms with E-state index in [1.807, 2.05) is 44.2 Å². The van der Waals surface area contributed by atoms with Crippen molar-refractivity contribution in [1.29, 1.82) is 0 Å². The molecule has 3 atom stereocenters. The summed E-state index contributed by atoms with van der Waals surface area (Å²) in [5.74, 6) is -1.29. The van der Waals surface area contributed by atoms with Crippen LogP contribution in [0.25, 0.3) is 0 Å². The first kappa shape index (κ1) is 22.7. The van der Waals surface area contributed by atoms with E-state index in [2.05, 4.69) is 5.32 Å². The van der Waals surface area contributed by atoms with Crippen molar-refractivity contribution < 1.29 is 23.9 Å². The summed E-state index contributed by atoms with van der Waals surface area (Å²) in [5, 5.41) is 2.69. The predicted octanol–water partition coefficient (Wildman–Crippen LogP) is 2.95. The maximum atomic E-state index is 13.2. The summed E-state index contributed by atoms with van der Waals surface area (Å²) in [4.78, 5) is 39.4. The van der Waals surface area contributed by atoms with Gasteiger partial charge in [-0.2, -0.15) is 0 Å². The zero-order valence-electron chi connectivity index (χ0n) is 18.1. The number of amides is 2. The van der Waals surface area contributed by atoms with Gasteiger partial charge in [0, 0.05) is 19.0 Å². The monoisotopic (exact) mass is 404 g/mol. The van der Waals surface area contributed by atoms with Gasteiger partial charge in [-0.15, -0.1) is 0 Å². The van der Waals surface area contributed by atoms with Gasteiger partial charge in [0.05, 0.1) is 13.0 Å². The van der Waals surface area contributed by atoms with Crippen LogP contribution in [-0.4, -0.2) is 54.7 Å². The fourth-order valence-electron chi connectivity index (χ4n) is 3.56. The van der Waals surface area contributed by atoms with Gasteiger partial charge < -0.3 is 19.7 Å². The third-order valence-corrected chi connectivity index (χ3v) is 4.97. The van der Waals surface area contributed by atoms with E-state index in [-0.39, 0.29) is 30.3 Å². The van der Waals surface area contributed by atoms with Crippen molar-refractivity contribution in [3.63, 3.8) is 0 Å². The van der Waals surface area contributed by atoms with Crippen LogP contribution in [0.2, 0.25) is 0 Å². The van der Waals surface area contributed by atoms with Gasteiger partial charge in [0.1, 0.15) is 11.6 Å². The van der Waals surface area contributed by atoms with Crippen LogP contribution >= 0.6 is 0 Å². The first-order chi connectivity index (χ1) is 13.5. The van der Waals surface area contributed by atoms with E-state index in [0.717, 1.165) is 5.56 Å². The number of hydrogen-bond acceptors (Lipinski definition) is 5. The quantitative estimate of drug-likeness (QED) is 0.763. The van der Waals surface area contributed by atoms with Gasteiger partial charge >= 0.3 is 12.1 Å². The van der Waals surface area contributed by atoms with Crippen LogP contribution in [0.5, 0.6) is 0 Å². The van der Waals surface area contributed by atoms with Crippen molar-refractivity contribution in [2.24, 2.45) is 11.8 Å². The number of likely N-dealkylation sites (tertiary alicyclic amines) is 1. The number of rotatable bonds is 5. The highest BCUT2D eigenvalue weighted by Gasteiger charge is 2.43. The number of alkyl carbamates (subject to hydrolysis) is 1. The summed E-state index contributed by atoms with van der Waals surface area (Å²) in [7, 11) is 1.36. The van der Waals surface area contributed by atoms with Crippen LogP contribution in [0.1, 0.15) is 46.1 Å². The summed E-state index contributed by atoms with van der Waals surface area (Å²) in [6, 6.07) is 8.90. The molecule has 1 heterocycles. The van der Waals surface area contributed by atoms with Gasteiger partial charge in [-0.1, -0.05) is 44.2 Å². The Hall–Kier alpha value is -2.57. The van der Waals surface area contributed by atoms with Crippen molar-refractivity contribution in [3.8, 4) is 0 Å². The second-order valence-electron chi connectivity index (χ2n) is 8.76. The molecule has 29 heavy (non-hydrogen) atoms. The van der Waals surface area contributed by atoms with E-state index in [1.54, 1.807) is 25.7 Å². The molecule has 1 fully saturated rings. The standard InChI is InChI=1S/C22H32N2O5/c1-14(2)18(23-21(27)29-22(3,4)5)19(25)24-12-16(15-10-8-7-9-11-15)17(13-24)20(26)28-6/h7-11,14,16-18H,12-13H2,1-6H3,(H,23,27)/t16?,17?,18-/m0/s1. The SMILES string of the molecule is COC(=O)C1CN(C(=O)[C@@H](NC(=O)OC(C)(C)C)C(C)C)CC1c1ccccc1. The van der Waals surface area contributed by atoms with E-state index in [0.29, 0.717) is 6.54 Å². The number of carbonyl (C=O) groups is 3. The zero-order chi connectivity index (χ0) is 21.8. The number of ether oxygens (including phenoxy) is 2. The molecule has 2 amide bonds. The first-order valence-corrected chi connectivity index (χ1v) is 9.94. The molecular formula is C22H32N2O5. The number of methoxy groups -OCH3 is 1. The van der Waals surface area contributed by atoms with Crippen LogP contribution in [0.4, 0.5) is 4.79 Å². The molecule has 0 bridgehead atoms. The van der Waals surface area contributed by atoms with E-state index >= 15 is 0 Å². The van der Waals surface area contributed by atoms with Crippen LogP contribution < -0.4 is 5.32 Å². The molecule has 1 aliphatic rings. The second kappa shape index (κ2) is 9.29. The summed E-state index contributed by atoms with van der Waals surface area (Å²) in [5.41, 5.74) is 0.329. The molecule has 1 aromatic rings. The molecule has 2 rings (SSSR count). The molecule has 0 aliphatic carbocycles. The Labute approximate surface area is 172 Å². The molecule has 0 aromatic heterocycles. The number of esters is 1. The molecule has 7 nitrogen and oxygen atoms in total. The Morgan fingerprint density at radius 2 is 1.72 bits per heavy atom. The first-order valence-electron chi connectivity index (χ1n) is 9.94. The van der Waals surface area contributed by atoms with Crippen molar-refractivity contribution >= 4 is 18.0 Å². The summed E-state index contributed by atoms with van der Waals surface area (Å²) >= 11 is 0. The van der Waals surface area contributed by atoms with Gasteiger partial charge in [0.25, 0.3) is 0 Å². The average molecular weight is 405 g/mol. The molecule has 0 saturated carbocycles. The highest BCUT2D eigenvalue weighted by Crippen LogP contribution is 2.34. The van der Waals surface area contributed by atoms with Crippen LogP contribution in [0.15, 0.2) is 30.3 Å². The Balaban J connectivity index is 2.19. The molecule has 1 aliphatic heterocycles. The maximum Gasteiger partial charge on any atom is 0.408 e. The molecule has 7 heteroatoms. The van der Waals surface area contributed by atoms with Gasteiger partial charge in [-0.05, 0) is 32.3 Å². The summed E-state index contributed by atoms with van der Waals surface area (Å²) in [6.45, 7) is 9.68. The van der Waals surface area contributed by atoms with Crippen molar-refractivity contribution in [3.05, 3.63) is 35.9 Å². The lowest BCUT2D eigenvalue weighted by molar-refractivity contribution is -0.145. The van der Waals surface area contributed by atoms with Gasteiger partial charge in [0.15, 0.2) is 0 Å². The lowest BCUT2D eigenvalue weighted by atomic mass is 9.89. The van der Waals surface area contributed by atoms with Crippen molar-refractivity contribution in [1.82, 2.24) is 10.2 Å². The Morgan fingerprint density at radius 1 is 1.10 bits per heavy atom. The van der Waals surface area contributed by atoms with Gasteiger partial charge in [-0.3, -0.25) is 9.59 Å². The molecule has 160 valence electrons. The average Bonchev–Trinajstić information content (AvgIpc) is 3.09. The molecule has 1 N–H and O–H groups in total. The fraction of sp³-hybridized carbons (Fsp3) is 0.591. The largest absolute Gasteiger partial charge is 0.469 e. The lowest BCUT2D eigenvalue weighted by Gasteiger charge is -2.28. The topological polar surface area (TPSA) is 84.9 Å². The van der Waals surface area contributed by atoms with E-state index in [9.17, 15) is 14.4 Å². The van der Waals surface area contributed by atoms with Gasteiger partial charge in [0.2, 0.25) is 5.91 Å². The number of hydrogen-bond donors (Lipinski definition) is 1. The van der Waals surface area contributed by atoms with E-state index < -0.39 is 23.7 Å². The molecule has 0 spiro atoms. The molecule has 0 radical (unpaired) electrons. The summed E-state index contributed by atoms with van der Waals surface area (Å²) < 4.78 is 10.3. The van der Waals surface area contributed by atoms with E-state index in [1.165, 1.54) is 7.11 Å². The van der Waals surface area contributed by atoms with Crippen molar-refractivity contribution in [2.75, 3.05) is 20.2 Å². The minimum absolute atomic E-state index is 0.137. The Bertz CT molecular complexity index is 726. The predicted molar refractivity (Wildman–Crippen MR) is 109 cm³/mol. The Morgan fingerprint density at radius 3 is 2.24 bits per heavy atom. The third-order valence-electron chi connectivity index (χ3n) is 4.97. The number of benzene rings is 1. The highest BCUT2D eigenvalue weighted by atomic mass is 16.6.